The summed E-state index contributed by atoms with van der Waals surface area (Å²) in [5.74, 6) is -0.743. The first-order valence-electron chi connectivity index (χ1n) is 10.3. The Bertz CT molecular complexity index is 1100. The van der Waals surface area contributed by atoms with Crippen LogP contribution in [0.1, 0.15) is 43.6 Å². The van der Waals surface area contributed by atoms with Crippen LogP contribution >= 0.6 is 0 Å². The maximum absolute atomic E-state index is 13.3. The number of methoxy groups -OCH3 is 1. The second-order valence-corrected chi connectivity index (χ2v) is 7.97. The molecule has 1 aliphatic rings. The second-order valence-electron chi connectivity index (χ2n) is 7.97. The van der Waals surface area contributed by atoms with Gasteiger partial charge in [-0.2, -0.15) is 0 Å². The first kappa shape index (κ1) is 20.9. The van der Waals surface area contributed by atoms with Gasteiger partial charge in [0.1, 0.15) is 0 Å². The quantitative estimate of drug-likeness (QED) is 0.659. The van der Waals surface area contributed by atoms with E-state index in [0.29, 0.717) is 23.4 Å². The molecule has 4 rings (SSSR count). The monoisotopic (exact) mass is 418 g/mol. The number of hydrogen-bond donors (Lipinski definition) is 1. The van der Waals surface area contributed by atoms with Gasteiger partial charge in [-0.3, -0.25) is 4.79 Å². The lowest BCUT2D eigenvalue weighted by Crippen LogP contribution is -2.29. The molecule has 160 valence electrons. The lowest BCUT2D eigenvalue weighted by Gasteiger charge is -2.19. The molecule has 6 nitrogen and oxygen atoms in total. The largest absolute Gasteiger partial charge is 0.465 e. The number of β-amino-alcohol motifs (C(OH)–C–C–N with tert-alkyl or cyclic N) is 1. The molecule has 1 fully saturated rings. The average Bonchev–Trinajstić information content (AvgIpc) is 3.34. The molecule has 3 aromatic rings. The summed E-state index contributed by atoms with van der Waals surface area (Å²) in [4.78, 5) is 27.3. The normalized spacial score (nSPS) is 18.3. The van der Waals surface area contributed by atoms with Crippen LogP contribution in [-0.2, 0) is 4.74 Å². The van der Waals surface area contributed by atoms with Crippen molar-refractivity contribution in [3.8, 4) is 5.69 Å². The Morgan fingerprint density at radius 2 is 1.65 bits per heavy atom. The summed E-state index contributed by atoms with van der Waals surface area (Å²) in [6.07, 6.45) is -0.617. The Morgan fingerprint density at radius 1 is 0.968 bits per heavy atom. The zero-order valence-corrected chi connectivity index (χ0v) is 17.9. The third kappa shape index (κ3) is 3.86. The number of aliphatic hydroxyl groups excluding tert-OH is 1. The zero-order valence-electron chi connectivity index (χ0n) is 17.9. The first-order valence-corrected chi connectivity index (χ1v) is 10.3. The van der Waals surface area contributed by atoms with Crippen molar-refractivity contribution in [2.75, 3.05) is 20.2 Å². The highest BCUT2D eigenvalue weighted by Crippen LogP contribution is 2.30. The van der Waals surface area contributed by atoms with Crippen LogP contribution in [0.4, 0.5) is 0 Å². The second kappa shape index (κ2) is 8.40. The van der Waals surface area contributed by atoms with Crippen LogP contribution in [0.2, 0.25) is 0 Å². The van der Waals surface area contributed by atoms with Crippen LogP contribution < -0.4 is 0 Å². The molecule has 0 aliphatic carbocycles. The molecular formula is C25H26N2O4. The van der Waals surface area contributed by atoms with Crippen LogP contribution in [0.25, 0.3) is 5.69 Å². The third-order valence-corrected chi connectivity index (χ3v) is 5.97. The summed E-state index contributed by atoms with van der Waals surface area (Å²) in [5.41, 5.74) is 4.39. The summed E-state index contributed by atoms with van der Waals surface area (Å²) >= 11 is 0. The molecule has 1 aromatic heterocycles. The number of hydrogen-bond acceptors (Lipinski definition) is 4. The minimum absolute atomic E-state index is 0.118. The smallest absolute Gasteiger partial charge is 0.339 e. The van der Waals surface area contributed by atoms with Gasteiger partial charge in [0.2, 0.25) is 0 Å². The number of aliphatic hydroxyl groups is 1. The van der Waals surface area contributed by atoms with Crippen molar-refractivity contribution in [1.82, 2.24) is 9.47 Å². The number of ether oxygens (including phenoxy) is 1. The van der Waals surface area contributed by atoms with E-state index in [0.717, 1.165) is 17.0 Å². The van der Waals surface area contributed by atoms with Crippen molar-refractivity contribution in [3.63, 3.8) is 0 Å². The molecule has 31 heavy (non-hydrogen) atoms. The Hall–Kier alpha value is -3.38. The van der Waals surface area contributed by atoms with Gasteiger partial charge >= 0.3 is 5.97 Å². The predicted molar refractivity (Wildman–Crippen MR) is 118 cm³/mol. The Balaban J connectivity index is 1.68. The van der Waals surface area contributed by atoms with Crippen LogP contribution in [0.15, 0.2) is 60.7 Å². The number of esters is 1. The fourth-order valence-corrected chi connectivity index (χ4v) is 4.34. The number of carbonyl (C=O) groups is 2. The van der Waals surface area contributed by atoms with E-state index in [1.807, 2.05) is 60.9 Å². The lowest BCUT2D eigenvalue weighted by atomic mass is 9.96. The molecule has 6 heteroatoms. The van der Waals surface area contributed by atoms with E-state index in [9.17, 15) is 14.7 Å². The van der Waals surface area contributed by atoms with Gasteiger partial charge in [-0.05, 0) is 49.7 Å². The summed E-state index contributed by atoms with van der Waals surface area (Å²) in [6, 6.07) is 18.7. The molecule has 1 amide bonds. The summed E-state index contributed by atoms with van der Waals surface area (Å²) in [6.45, 7) is 4.61. The highest BCUT2D eigenvalue weighted by atomic mass is 16.5. The molecule has 0 bridgehead atoms. The first-order chi connectivity index (χ1) is 14.9. The van der Waals surface area contributed by atoms with E-state index >= 15 is 0 Å². The van der Waals surface area contributed by atoms with Gasteiger partial charge in [-0.25, -0.2) is 4.79 Å². The van der Waals surface area contributed by atoms with Crippen molar-refractivity contribution < 1.29 is 19.4 Å². The number of amides is 1. The Morgan fingerprint density at radius 3 is 2.29 bits per heavy atom. The molecule has 2 atom stereocenters. The molecule has 2 heterocycles. The van der Waals surface area contributed by atoms with Gasteiger partial charge in [0, 0.05) is 36.0 Å². The number of nitrogens with zero attached hydrogens (tertiary/aromatic N) is 2. The molecule has 1 unspecified atom stereocenters. The third-order valence-electron chi connectivity index (χ3n) is 5.97. The summed E-state index contributed by atoms with van der Waals surface area (Å²) < 4.78 is 6.89. The van der Waals surface area contributed by atoms with Crippen LogP contribution in [0.5, 0.6) is 0 Å². The number of carbonyl (C=O) groups excluding carboxylic acids is 2. The lowest BCUT2D eigenvalue weighted by molar-refractivity contribution is 0.0600. The molecular weight excluding hydrogens is 392 g/mol. The minimum atomic E-state index is -0.617. The van der Waals surface area contributed by atoms with E-state index in [1.54, 1.807) is 23.1 Å². The minimum Gasteiger partial charge on any atom is -0.465 e. The molecule has 0 spiro atoms. The van der Waals surface area contributed by atoms with Crippen molar-refractivity contribution in [2.24, 2.45) is 0 Å². The molecule has 0 saturated carbocycles. The van der Waals surface area contributed by atoms with Crippen molar-refractivity contribution >= 4 is 11.9 Å². The van der Waals surface area contributed by atoms with Gasteiger partial charge in [-0.15, -0.1) is 0 Å². The molecule has 1 aliphatic heterocycles. The van der Waals surface area contributed by atoms with Crippen molar-refractivity contribution in [2.45, 2.75) is 25.9 Å². The fraction of sp³-hybridized carbons (Fsp3) is 0.280. The molecule has 1 saturated heterocycles. The molecule has 1 N–H and O–H groups in total. The van der Waals surface area contributed by atoms with Crippen molar-refractivity contribution in [1.29, 1.82) is 0 Å². The van der Waals surface area contributed by atoms with E-state index in [1.165, 1.54) is 7.11 Å². The summed E-state index contributed by atoms with van der Waals surface area (Å²) in [7, 11) is 1.34. The number of rotatable bonds is 4. The average molecular weight is 418 g/mol. The predicted octanol–water partition coefficient (Wildman–Crippen LogP) is 3.48. The van der Waals surface area contributed by atoms with E-state index in [2.05, 4.69) is 0 Å². The van der Waals surface area contributed by atoms with E-state index < -0.39 is 12.1 Å². The van der Waals surface area contributed by atoms with Crippen molar-refractivity contribution in [3.05, 3.63) is 88.7 Å². The molecule has 0 radical (unpaired) electrons. The standard InChI is InChI=1S/C25H26N2O4/c1-16-9-10-17(2)27(16)22-13-19(11-12-20(22)25(30)31-3)24(29)26-14-21(23(28)15-26)18-7-5-4-6-8-18/h4-13,21,23,28H,14-15H2,1-3H3/t21?,23-/m0/s1. The van der Waals surface area contributed by atoms with Crippen LogP contribution in [-0.4, -0.2) is 52.8 Å². The molecule has 2 aromatic carbocycles. The van der Waals surface area contributed by atoms with Crippen LogP contribution in [0.3, 0.4) is 0 Å². The topological polar surface area (TPSA) is 71.8 Å². The highest BCUT2D eigenvalue weighted by Gasteiger charge is 2.35. The van der Waals surface area contributed by atoms with E-state index in [-0.39, 0.29) is 18.4 Å². The maximum Gasteiger partial charge on any atom is 0.339 e. The van der Waals surface area contributed by atoms with Crippen LogP contribution in [0, 0.1) is 13.8 Å². The Labute approximate surface area is 181 Å². The number of aryl methyl sites for hydroxylation is 2. The highest BCUT2D eigenvalue weighted by molar-refractivity contribution is 5.99. The zero-order chi connectivity index (χ0) is 22.1. The van der Waals surface area contributed by atoms with Gasteiger partial charge in [0.15, 0.2) is 0 Å². The number of benzene rings is 2. The Kier molecular flexibility index (Phi) is 5.65. The van der Waals surface area contributed by atoms with Gasteiger partial charge in [-0.1, -0.05) is 30.3 Å². The van der Waals surface area contributed by atoms with Gasteiger partial charge < -0.3 is 19.3 Å². The van der Waals surface area contributed by atoms with Gasteiger partial charge in [0.05, 0.1) is 24.5 Å². The maximum atomic E-state index is 13.3. The number of likely N-dealkylation sites (tertiary alicyclic amines) is 1. The van der Waals surface area contributed by atoms with E-state index in [4.69, 9.17) is 4.74 Å². The number of aromatic nitrogens is 1. The summed E-state index contributed by atoms with van der Waals surface area (Å²) in [5, 5.41) is 10.6. The van der Waals surface area contributed by atoms with Gasteiger partial charge in [0.25, 0.3) is 5.91 Å². The SMILES string of the molecule is COC(=O)c1ccc(C(=O)N2CC(c3ccccc3)[C@@H](O)C2)cc1-n1c(C)ccc1C. The fourth-order valence-electron chi connectivity index (χ4n) is 4.34.